The molecule has 0 aliphatic heterocycles. The molecule has 0 aliphatic carbocycles. The Morgan fingerprint density at radius 2 is 1.85 bits per heavy atom. The van der Waals surface area contributed by atoms with Crippen LogP contribution >= 0.6 is 0 Å². The molecule has 1 unspecified atom stereocenters. The fraction of sp³-hybridized carbons (Fsp3) is 0.562. The van der Waals surface area contributed by atoms with Crippen LogP contribution in [0.3, 0.4) is 0 Å². The summed E-state index contributed by atoms with van der Waals surface area (Å²) in [4.78, 5) is 11.9. The van der Waals surface area contributed by atoms with Gasteiger partial charge in [0, 0.05) is 0 Å². The highest BCUT2D eigenvalue weighted by Gasteiger charge is 2.34. The maximum atomic E-state index is 11.9. The van der Waals surface area contributed by atoms with Crippen LogP contribution in [0.1, 0.15) is 30.5 Å². The lowest BCUT2D eigenvalue weighted by Gasteiger charge is -2.28. The average Bonchev–Trinajstić information content (AvgIpc) is 2.42. The number of hydrogen-bond donors (Lipinski definition) is 1. The summed E-state index contributed by atoms with van der Waals surface area (Å²) in [5, 5.41) is 3.13. The Morgan fingerprint density at radius 3 is 2.40 bits per heavy atom. The third-order valence-corrected chi connectivity index (χ3v) is 3.58. The van der Waals surface area contributed by atoms with Crippen molar-refractivity contribution >= 4 is 5.97 Å². The van der Waals surface area contributed by atoms with Crippen LogP contribution in [0.25, 0.3) is 0 Å². The molecule has 0 amide bonds. The molecule has 0 heterocycles. The molecule has 0 saturated heterocycles. The summed E-state index contributed by atoms with van der Waals surface area (Å²) in [6, 6.07) is 4.10. The first-order valence-electron chi connectivity index (χ1n) is 6.88. The molecule has 0 fully saturated rings. The molecule has 112 valence electrons. The molecule has 0 radical (unpaired) electrons. The Kier molecular flexibility index (Phi) is 5.57. The van der Waals surface area contributed by atoms with Crippen LogP contribution in [0.5, 0.6) is 5.75 Å². The molecule has 1 N–H and O–H groups in total. The van der Waals surface area contributed by atoms with Gasteiger partial charge in [0.25, 0.3) is 0 Å². The summed E-state index contributed by atoms with van der Waals surface area (Å²) in [7, 11) is 1.39. The molecule has 0 spiro atoms. The van der Waals surface area contributed by atoms with Gasteiger partial charge < -0.3 is 9.47 Å². The maximum absolute atomic E-state index is 11.9. The van der Waals surface area contributed by atoms with Gasteiger partial charge in [0.15, 0.2) is 0 Å². The van der Waals surface area contributed by atoms with Crippen molar-refractivity contribution in [2.75, 3.05) is 20.3 Å². The van der Waals surface area contributed by atoms with Crippen molar-refractivity contribution in [3.63, 3.8) is 0 Å². The number of rotatable bonds is 6. The molecule has 0 aliphatic rings. The highest BCUT2D eigenvalue weighted by molar-refractivity contribution is 5.80. The Hall–Kier alpha value is -1.55. The Labute approximate surface area is 121 Å². The average molecular weight is 279 g/mol. The van der Waals surface area contributed by atoms with Gasteiger partial charge in [0.1, 0.15) is 17.9 Å². The van der Waals surface area contributed by atoms with Gasteiger partial charge in [-0.15, -0.1) is 0 Å². The first-order chi connectivity index (χ1) is 9.35. The summed E-state index contributed by atoms with van der Waals surface area (Å²) in [5.74, 6) is 0.528. The SMILES string of the molecule is CCNC(C)(COc1c(C)ccc(C)c1C)C(=O)OC. The van der Waals surface area contributed by atoms with Gasteiger partial charge >= 0.3 is 5.97 Å². The molecule has 0 aromatic heterocycles. The zero-order valence-corrected chi connectivity index (χ0v) is 13.3. The predicted octanol–water partition coefficient (Wildman–Crippen LogP) is 2.53. The minimum Gasteiger partial charge on any atom is -0.490 e. The monoisotopic (exact) mass is 279 g/mol. The summed E-state index contributed by atoms with van der Waals surface area (Å²) in [5.41, 5.74) is 2.51. The first-order valence-corrected chi connectivity index (χ1v) is 6.88. The van der Waals surface area contributed by atoms with Gasteiger partial charge in [-0.05, 0) is 50.9 Å². The molecule has 1 aromatic carbocycles. The van der Waals surface area contributed by atoms with Crippen molar-refractivity contribution in [3.8, 4) is 5.75 Å². The van der Waals surface area contributed by atoms with E-state index in [1.807, 2.05) is 33.8 Å². The lowest BCUT2D eigenvalue weighted by atomic mass is 10.0. The molecule has 4 heteroatoms. The van der Waals surface area contributed by atoms with E-state index >= 15 is 0 Å². The maximum Gasteiger partial charge on any atom is 0.329 e. The quantitative estimate of drug-likeness (QED) is 0.813. The number of esters is 1. The molecular weight excluding hydrogens is 254 g/mol. The third-order valence-electron chi connectivity index (χ3n) is 3.58. The summed E-state index contributed by atoms with van der Waals surface area (Å²) < 4.78 is 10.8. The molecule has 4 nitrogen and oxygen atoms in total. The Morgan fingerprint density at radius 1 is 1.25 bits per heavy atom. The zero-order chi connectivity index (χ0) is 15.3. The molecule has 1 rings (SSSR count). The Bertz CT molecular complexity index is 485. The standard InChI is InChI=1S/C16H25NO3/c1-7-17-16(5,15(18)19-6)10-20-14-12(3)9-8-11(2)13(14)4/h8-9,17H,7,10H2,1-6H3. The Balaban J connectivity index is 2.94. The molecular formula is C16H25NO3. The van der Waals surface area contributed by atoms with Crippen LogP contribution in [0.4, 0.5) is 0 Å². The van der Waals surface area contributed by atoms with Gasteiger partial charge in [-0.25, -0.2) is 4.79 Å². The zero-order valence-electron chi connectivity index (χ0n) is 13.3. The van der Waals surface area contributed by atoms with Crippen LogP contribution in [-0.4, -0.2) is 31.8 Å². The van der Waals surface area contributed by atoms with E-state index in [0.717, 1.165) is 16.9 Å². The summed E-state index contributed by atoms with van der Waals surface area (Å²) in [6.07, 6.45) is 0. The van der Waals surface area contributed by atoms with E-state index in [1.165, 1.54) is 12.7 Å². The number of carbonyl (C=O) groups excluding carboxylic acids is 1. The fourth-order valence-corrected chi connectivity index (χ4v) is 2.16. The van der Waals surface area contributed by atoms with Crippen molar-refractivity contribution < 1.29 is 14.3 Å². The van der Waals surface area contributed by atoms with Crippen LogP contribution < -0.4 is 10.1 Å². The van der Waals surface area contributed by atoms with Gasteiger partial charge in [-0.2, -0.15) is 0 Å². The second kappa shape index (κ2) is 6.75. The molecule has 20 heavy (non-hydrogen) atoms. The number of ether oxygens (including phenoxy) is 2. The second-order valence-electron chi connectivity index (χ2n) is 5.30. The third kappa shape index (κ3) is 3.51. The molecule has 0 bridgehead atoms. The van der Waals surface area contributed by atoms with Crippen LogP contribution in [-0.2, 0) is 9.53 Å². The van der Waals surface area contributed by atoms with E-state index < -0.39 is 5.54 Å². The summed E-state index contributed by atoms with van der Waals surface area (Å²) >= 11 is 0. The number of likely N-dealkylation sites (N-methyl/N-ethyl adjacent to an activating group) is 1. The van der Waals surface area contributed by atoms with E-state index in [-0.39, 0.29) is 12.6 Å². The van der Waals surface area contributed by atoms with E-state index in [4.69, 9.17) is 9.47 Å². The van der Waals surface area contributed by atoms with E-state index in [1.54, 1.807) is 6.92 Å². The van der Waals surface area contributed by atoms with Crippen LogP contribution in [0.2, 0.25) is 0 Å². The molecule has 0 saturated carbocycles. The van der Waals surface area contributed by atoms with Crippen molar-refractivity contribution in [2.45, 2.75) is 40.2 Å². The first kappa shape index (κ1) is 16.5. The summed E-state index contributed by atoms with van der Waals surface area (Å²) in [6.45, 7) is 10.7. The van der Waals surface area contributed by atoms with Gasteiger partial charge in [0.2, 0.25) is 0 Å². The van der Waals surface area contributed by atoms with E-state index in [2.05, 4.69) is 11.4 Å². The van der Waals surface area contributed by atoms with Gasteiger partial charge in [-0.3, -0.25) is 5.32 Å². The van der Waals surface area contributed by atoms with Crippen LogP contribution in [0.15, 0.2) is 12.1 Å². The predicted molar refractivity (Wildman–Crippen MR) is 80.2 cm³/mol. The number of nitrogens with one attached hydrogen (secondary N) is 1. The van der Waals surface area contributed by atoms with Crippen molar-refractivity contribution in [1.82, 2.24) is 5.32 Å². The fourth-order valence-electron chi connectivity index (χ4n) is 2.16. The van der Waals surface area contributed by atoms with Crippen molar-refractivity contribution in [1.29, 1.82) is 0 Å². The number of methoxy groups -OCH3 is 1. The number of aryl methyl sites for hydroxylation is 2. The highest BCUT2D eigenvalue weighted by Crippen LogP contribution is 2.26. The number of carbonyl (C=O) groups is 1. The van der Waals surface area contributed by atoms with E-state index in [0.29, 0.717) is 6.54 Å². The topological polar surface area (TPSA) is 47.6 Å². The van der Waals surface area contributed by atoms with Crippen molar-refractivity contribution in [3.05, 3.63) is 28.8 Å². The van der Waals surface area contributed by atoms with Gasteiger partial charge in [-0.1, -0.05) is 19.1 Å². The minimum absolute atomic E-state index is 0.235. The van der Waals surface area contributed by atoms with E-state index in [9.17, 15) is 4.79 Å². The second-order valence-corrected chi connectivity index (χ2v) is 5.30. The highest BCUT2D eigenvalue weighted by atomic mass is 16.5. The number of hydrogen-bond acceptors (Lipinski definition) is 4. The van der Waals surface area contributed by atoms with Gasteiger partial charge in [0.05, 0.1) is 7.11 Å². The van der Waals surface area contributed by atoms with Crippen LogP contribution in [0, 0.1) is 20.8 Å². The molecule has 1 aromatic rings. The normalized spacial score (nSPS) is 13.7. The minimum atomic E-state index is -0.841. The smallest absolute Gasteiger partial charge is 0.329 e. The lowest BCUT2D eigenvalue weighted by Crippen LogP contribution is -2.54. The number of benzene rings is 1. The lowest BCUT2D eigenvalue weighted by molar-refractivity contribution is -0.149. The van der Waals surface area contributed by atoms with Crippen molar-refractivity contribution in [2.24, 2.45) is 0 Å². The largest absolute Gasteiger partial charge is 0.490 e. The molecule has 1 atom stereocenters.